The molecular weight excluding hydrogens is 247 g/mol. The van der Waals surface area contributed by atoms with Gasteiger partial charge in [0, 0.05) is 0 Å². The molecule has 0 N–H and O–H groups in total. The van der Waals surface area contributed by atoms with Gasteiger partial charge in [-0.05, 0) is 0 Å². The second kappa shape index (κ2) is 7.16. The summed E-state index contributed by atoms with van der Waals surface area (Å²) in [6.45, 7) is 0. The number of nitrogens with zero attached hydrogens (tertiary/aromatic N) is 1. The molecule has 4 heteroatoms. The van der Waals surface area contributed by atoms with E-state index in [0.717, 1.165) is 0 Å². The van der Waals surface area contributed by atoms with Crippen molar-refractivity contribution in [2.45, 2.75) is 0 Å². The number of methoxy groups -OCH3 is 1. The summed E-state index contributed by atoms with van der Waals surface area (Å²) in [7, 11) is 1.58. The molecular formula is C6H6BrNOZn. The van der Waals surface area contributed by atoms with E-state index in [1.807, 2.05) is 6.07 Å². The Morgan fingerprint density at radius 3 is 2.60 bits per heavy atom. The monoisotopic (exact) mass is 251 g/mol. The third kappa shape index (κ3) is 3.96. The van der Waals surface area contributed by atoms with E-state index in [9.17, 15) is 0 Å². The molecule has 0 atom stereocenters. The van der Waals surface area contributed by atoms with Crippen LogP contribution in [0, 0.1) is 6.20 Å². The van der Waals surface area contributed by atoms with E-state index in [4.69, 9.17) is 4.74 Å². The van der Waals surface area contributed by atoms with Crippen molar-refractivity contribution in [2.24, 2.45) is 0 Å². The van der Waals surface area contributed by atoms with Crippen molar-refractivity contribution in [1.29, 1.82) is 0 Å². The standard InChI is InChI=1S/C6H6NO.BrH.Zn/c1-8-6-4-2-3-5-7-6;;/h2-4H,1H3;1H;/q-1;;+2/p-1. The fourth-order valence-corrected chi connectivity index (χ4v) is 0.425. The average Bonchev–Trinajstić information content (AvgIpc) is 1.90. The summed E-state index contributed by atoms with van der Waals surface area (Å²) in [6.07, 6.45) is 2.64. The van der Waals surface area contributed by atoms with Gasteiger partial charge < -0.3 is 26.7 Å². The molecule has 0 fully saturated rings. The predicted octanol–water partition coefficient (Wildman–Crippen LogP) is -2.11. The number of hydrogen-bond donors (Lipinski definition) is 0. The SMILES string of the molecule is COc1ccc[c-]n1.[Br-].[Zn+2]. The van der Waals surface area contributed by atoms with Crippen molar-refractivity contribution >= 4 is 0 Å². The fraction of sp³-hybridized carbons (Fsp3) is 0.167. The molecule has 1 heterocycles. The molecule has 0 aromatic carbocycles. The molecule has 0 aliphatic rings. The van der Waals surface area contributed by atoms with Crippen LogP contribution in [0.4, 0.5) is 0 Å². The molecule has 0 bridgehead atoms. The molecule has 1 rings (SSSR count). The van der Waals surface area contributed by atoms with Crippen molar-refractivity contribution in [2.75, 3.05) is 7.11 Å². The van der Waals surface area contributed by atoms with Crippen LogP contribution in [-0.4, -0.2) is 12.1 Å². The minimum Gasteiger partial charge on any atom is -1.00 e. The van der Waals surface area contributed by atoms with Crippen LogP contribution in [0.25, 0.3) is 0 Å². The first-order valence-electron chi connectivity index (χ1n) is 2.30. The second-order valence-corrected chi connectivity index (χ2v) is 1.31. The number of rotatable bonds is 1. The first kappa shape index (κ1) is 12.7. The third-order valence-corrected chi connectivity index (χ3v) is 0.793. The maximum Gasteiger partial charge on any atom is 2.00 e. The maximum absolute atomic E-state index is 4.77. The molecule has 0 amide bonds. The quantitative estimate of drug-likeness (QED) is 0.422. The summed E-state index contributed by atoms with van der Waals surface area (Å²) in [5, 5.41) is 0. The maximum atomic E-state index is 4.77. The summed E-state index contributed by atoms with van der Waals surface area (Å²) in [5.74, 6) is 0.604. The average molecular weight is 253 g/mol. The van der Waals surface area contributed by atoms with Crippen LogP contribution < -0.4 is 21.7 Å². The zero-order valence-corrected chi connectivity index (χ0v) is 10.2. The summed E-state index contributed by atoms with van der Waals surface area (Å²) in [6, 6.07) is 5.32. The van der Waals surface area contributed by atoms with E-state index in [-0.39, 0.29) is 36.5 Å². The smallest absolute Gasteiger partial charge is 1.00 e. The van der Waals surface area contributed by atoms with Gasteiger partial charge in [0.2, 0.25) is 0 Å². The van der Waals surface area contributed by atoms with Crippen LogP contribution in [0.5, 0.6) is 5.88 Å². The van der Waals surface area contributed by atoms with Crippen LogP contribution in [0.3, 0.4) is 0 Å². The van der Waals surface area contributed by atoms with Gasteiger partial charge in [0.25, 0.3) is 0 Å². The zero-order valence-electron chi connectivity index (χ0n) is 5.67. The Kier molecular flexibility index (Phi) is 9.10. The Bertz CT molecular complexity index is 159. The van der Waals surface area contributed by atoms with Gasteiger partial charge in [0.15, 0.2) is 0 Å². The van der Waals surface area contributed by atoms with Gasteiger partial charge in [-0.1, -0.05) is 6.20 Å². The Morgan fingerprint density at radius 1 is 1.60 bits per heavy atom. The number of ether oxygens (including phenoxy) is 1. The van der Waals surface area contributed by atoms with Crippen LogP contribution in [0.2, 0.25) is 0 Å². The van der Waals surface area contributed by atoms with E-state index in [2.05, 4.69) is 11.2 Å². The number of hydrogen-bond acceptors (Lipinski definition) is 2. The Morgan fingerprint density at radius 2 is 2.30 bits per heavy atom. The summed E-state index contributed by atoms with van der Waals surface area (Å²) in [4.78, 5) is 3.75. The van der Waals surface area contributed by atoms with Crippen molar-refractivity contribution in [3.05, 3.63) is 24.4 Å². The van der Waals surface area contributed by atoms with Crippen molar-refractivity contribution in [3.8, 4) is 5.88 Å². The number of aromatic nitrogens is 1. The van der Waals surface area contributed by atoms with Gasteiger partial charge in [0.1, 0.15) is 0 Å². The van der Waals surface area contributed by atoms with Crippen LogP contribution in [-0.2, 0) is 19.5 Å². The van der Waals surface area contributed by atoms with E-state index < -0.39 is 0 Å². The molecule has 50 valence electrons. The van der Waals surface area contributed by atoms with Gasteiger partial charge in [-0.25, -0.2) is 0 Å². The Labute approximate surface area is 83.5 Å². The second-order valence-electron chi connectivity index (χ2n) is 1.31. The molecule has 1 aromatic heterocycles. The van der Waals surface area contributed by atoms with Crippen molar-refractivity contribution in [3.63, 3.8) is 0 Å². The fourth-order valence-electron chi connectivity index (χ4n) is 0.425. The van der Waals surface area contributed by atoms with Gasteiger partial charge in [-0.2, -0.15) is 12.1 Å². The number of halogens is 1. The molecule has 0 saturated heterocycles. The van der Waals surface area contributed by atoms with Crippen molar-refractivity contribution < 1.29 is 41.2 Å². The molecule has 0 aliphatic carbocycles. The van der Waals surface area contributed by atoms with Crippen LogP contribution in [0.15, 0.2) is 18.2 Å². The molecule has 1 aromatic rings. The number of pyridine rings is 1. The van der Waals surface area contributed by atoms with E-state index in [0.29, 0.717) is 5.88 Å². The predicted molar refractivity (Wildman–Crippen MR) is 29.6 cm³/mol. The van der Waals surface area contributed by atoms with E-state index >= 15 is 0 Å². The molecule has 0 saturated carbocycles. The van der Waals surface area contributed by atoms with Gasteiger partial charge in [-0.3, -0.25) is 0 Å². The molecule has 0 spiro atoms. The van der Waals surface area contributed by atoms with Gasteiger partial charge in [0.05, 0.1) is 13.0 Å². The van der Waals surface area contributed by atoms with Crippen LogP contribution in [0.1, 0.15) is 0 Å². The molecule has 0 radical (unpaired) electrons. The summed E-state index contributed by atoms with van der Waals surface area (Å²) >= 11 is 0. The largest absolute Gasteiger partial charge is 2.00 e. The minimum atomic E-state index is 0. The summed E-state index contributed by atoms with van der Waals surface area (Å²) in [5.41, 5.74) is 0. The van der Waals surface area contributed by atoms with Gasteiger partial charge >= 0.3 is 19.5 Å². The molecule has 2 nitrogen and oxygen atoms in total. The minimum absolute atomic E-state index is 0. The Hall–Kier alpha value is 0.0534. The summed E-state index contributed by atoms with van der Waals surface area (Å²) < 4.78 is 4.77. The zero-order chi connectivity index (χ0) is 5.82. The first-order chi connectivity index (χ1) is 3.93. The van der Waals surface area contributed by atoms with Crippen molar-refractivity contribution in [1.82, 2.24) is 4.98 Å². The molecule has 0 unspecified atom stereocenters. The molecule has 10 heavy (non-hydrogen) atoms. The topological polar surface area (TPSA) is 22.1 Å². The van der Waals surface area contributed by atoms with E-state index in [1.54, 1.807) is 19.2 Å². The van der Waals surface area contributed by atoms with Crippen LogP contribution >= 0.6 is 0 Å². The first-order valence-corrected chi connectivity index (χ1v) is 2.30. The van der Waals surface area contributed by atoms with Gasteiger partial charge in [-0.15, -0.1) is 6.07 Å². The normalized spacial score (nSPS) is 6.90. The van der Waals surface area contributed by atoms with E-state index in [1.165, 1.54) is 0 Å². The molecule has 0 aliphatic heterocycles. The third-order valence-electron chi connectivity index (χ3n) is 0.793. The Balaban J connectivity index is 0.